The van der Waals surface area contributed by atoms with E-state index in [1.807, 2.05) is 18.2 Å². The fourth-order valence-electron chi connectivity index (χ4n) is 1.77. The van der Waals surface area contributed by atoms with Gasteiger partial charge in [-0.2, -0.15) is 0 Å². The Morgan fingerprint density at radius 1 is 1.33 bits per heavy atom. The van der Waals surface area contributed by atoms with Crippen molar-refractivity contribution in [1.82, 2.24) is 9.97 Å². The number of thiazole rings is 1. The van der Waals surface area contributed by atoms with Crippen LogP contribution in [0.2, 0.25) is 0 Å². The molecule has 0 spiro atoms. The van der Waals surface area contributed by atoms with E-state index in [0.29, 0.717) is 21.8 Å². The lowest BCUT2D eigenvalue weighted by molar-refractivity contribution is -0.118. The number of carbonyl (C=O) groups excluding carboxylic acids is 1. The van der Waals surface area contributed by atoms with Crippen LogP contribution in [-0.2, 0) is 4.79 Å². The number of nitrogens with zero attached hydrogens (tertiary/aromatic N) is 1. The molecule has 0 aliphatic carbocycles. The van der Waals surface area contributed by atoms with Crippen molar-refractivity contribution < 1.29 is 9.53 Å². The first-order chi connectivity index (χ1) is 10.2. The number of amides is 1. The highest BCUT2D eigenvalue weighted by molar-refractivity contribution is 7.16. The van der Waals surface area contributed by atoms with Crippen molar-refractivity contribution in [3.05, 3.63) is 52.3 Å². The van der Waals surface area contributed by atoms with E-state index in [4.69, 9.17) is 4.74 Å². The number of carbonyl (C=O) groups is 1. The first kappa shape index (κ1) is 13.3. The van der Waals surface area contributed by atoms with Gasteiger partial charge in [-0.1, -0.05) is 29.5 Å². The van der Waals surface area contributed by atoms with Crippen molar-refractivity contribution in [3.8, 4) is 5.75 Å². The monoisotopic (exact) mass is 301 g/mol. The molecular weight excluding hydrogens is 290 g/mol. The molecule has 0 bridgehead atoms. The Hall–Kier alpha value is -2.67. The number of H-pyrrole nitrogens is 1. The molecule has 1 aromatic carbocycles. The molecule has 0 aliphatic heterocycles. The van der Waals surface area contributed by atoms with E-state index in [0.717, 1.165) is 11.3 Å². The summed E-state index contributed by atoms with van der Waals surface area (Å²) in [7, 11) is 0. The van der Waals surface area contributed by atoms with Crippen molar-refractivity contribution in [3.63, 3.8) is 0 Å². The van der Waals surface area contributed by atoms with Crippen molar-refractivity contribution in [2.45, 2.75) is 0 Å². The number of rotatable bonds is 4. The van der Waals surface area contributed by atoms with Crippen molar-refractivity contribution in [2.75, 3.05) is 11.9 Å². The minimum absolute atomic E-state index is 0.0918. The van der Waals surface area contributed by atoms with E-state index >= 15 is 0 Å². The Bertz CT molecular complexity index is 826. The van der Waals surface area contributed by atoms with Gasteiger partial charge in [-0.3, -0.25) is 14.6 Å². The van der Waals surface area contributed by atoms with Crippen LogP contribution < -0.4 is 14.9 Å². The third-order valence-electron chi connectivity index (χ3n) is 2.67. The first-order valence-electron chi connectivity index (χ1n) is 6.17. The normalized spacial score (nSPS) is 10.5. The number of pyridine rings is 1. The lowest BCUT2D eigenvalue weighted by Gasteiger charge is -2.07. The smallest absolute Gasteiger partial charge is 0.306 e. The van der Waals surface area contributed by atoms with Crippen molar-refractivity contribution >= 4 is 33.3 Å². The van der Waals surface area contributed by atoms with Crippen LogP contribution in [0.5, 0.6) is 5.75 Å². The predicted molar refractivity (Wildman–Crippen MR) is 80.8 cm³/mol. The maximum atomic E-state index is 11.8. The van der Waals surface area contributed by atoms with Crippen LogP contribution >= 0.6 is 11.3 Å². The van der Waals surface area contributed by atoms with Gasteiger partial charge in [0.2, 0.25) is 0 Å². The molecule has 0 saturated carbocycles. The van der Waals surface area contributed by atoms with Gasteiger partial charge in [0, 0.05) is 0 Å². The van der Waals surface area contributed by atoms with Gasteiger partial charge in [-0.25, -0.2) is 4.98 Å². The third-order valence-corrected chi connectivity index (χ3v) is 3.49. The lowest BCUT2D eigenvalue weighted by Crippen LogP contribution is -2.20. The molecular formula is C14H11N3O3S. The summed E-state index contributed by atoms with van der Waals surface area (Å²) < 4.78 is 6.04. The molecule has 0 atom stereocenters. The summed E-state index contributed by atoms with van der Waals surface area (Å²) in [6.45, 7) is -0.0918. The molecule has 0 fully saturated rings. The molecule has 0 radical (unpaired) electrons. The number of para-hydroxylation sites is 1. The lowest BCUT2D eigenvalue weighted by atomic mass is 10.3. The molecule has 6 nitrogen and oxygen atoms in total. The number of aromatic nitrogens is 2. The standard InChI is InChI=1S/C14H11N3O3S/c18-12(8-20-10-4-2-1-3-5-10)16-9-6-11-13(15-7-9)17-14(19)21-11/h1-7H,8H2,(H,16,18)(H,15,17,19). The highest BCUT2D eigenvalue weighted by Crippen LogP contribution is 2.17. The summed E-state index contributed by atoms with van der Waals surface area (Å²) in [5, 5.41) is 2.68. The average molecular weight is 301 g/mol. The van der Waals surface area contributed by atoms with E-state index in [1.165, 1.54) is 6.20 Å². The number of aromatic amines is 1. The first-order valence-corrected chi connectivity index (χ1v) is 6.99. The largest absolute Gasteiger partial charge is 0.484 e. The fraction of sp³-hybridized carbons (Fsp3) is 0.0714. The van der Waals surface area contributed by atoms with E-state index in [2.05, 4.69) is 15.3 Å². The van der Waals surface area contributed by atoms with Crippen LogP contribution in [0.3, 0.4) is 0 Å². The molecule has 2 aromatic heterocycles. The summed E-state index contributed by atoms with van der Waals surface area (Å²) in [5.74, 6) is 0.341. The second-order valence-corrected chi connectivity index (χ2v) is 5.25. The minimum Gasteiger partial charge on any atom is -0.484 e. The summed E-state index contributed by atoms with van der Waals surface area (Å²) >= 11 is 1.05. The molecule has 2 N–H and O–H groups in total. The van der Waals surface area contributed by atoms with Gasteiger partial charge in [0.1, 0.15) is 5.75 Å². The molecule has 3 rings (SSSR count). The molecule has 0 unspecified atom stereocenters. The number of hydrogen-bond acceptors (Lipinski definition) is 5. The molecule has 0 saturated heterocycles. The number of fused-ring (bicyclic) bond motifs is 1. The Morgan fingerprint density at radius 3 is 2.95 bits per heavy atom. The number of anilines is 1. The SMILES string of the molecule is O=C(COc1ccccc1)Nc1cnc2[nH]c(=O)sc2c1. The van der Waals surface area contributed by atoms with Crippen molar-refractivity contribution in [2.24, 2.45) is 0 Å². The average Bonchev–Trinajstić information content (AvgIpc) is 2.85. The van der Waals surface area contributed by atoms with Gasteiger partial charge >= 0.3 is 4.87 Å². The number of hydrogen-bond donors (Lipinski definition) is 2. The van der Waals surface area contributed by atoms with Gasteiger partial charge in [0.15, 0.2) is 12.3 Å². The summed E-state index contributed by atoms with van der Waals surface area (Å²) in [5.41, 5.74) is 1.04. The third kappa shape index (κ3) is 3.26. The summed E-state index contributed by atoms with van der Waals surface area (Å²) in [6.07, 6.45) is 1.49. The maximum absolute atomic E-state index is 11.8. The molecule has 1 amide bonds. The Kier molecular flexibility index (Phi) is 3.65. The van der Waals surface area contributed by atoms with E-state index in [1.54, 1.807) is 18.2 Å². The zero-order valence-electron chi connectivity index (χ0n) is 10.8. The number of nitrogens with one attached hydrogen (secondary N) is 2. The van der Waals surface area contributed by atoms with Crippen LogP contribution in [0.25, 0.3) is 10.3 Å². The second kappa shape index (κ2) is 5.76. The van der Waals surface area contributed by atoms with Crippen LogP contribution in [0.1, 0.15) is 0 Å². The predicted octanol–water partition coefficient (Wildman–Crippen LogP) is 2.00. The maximum Gasteiger partial charge on any atom is 0.306 e. The fourth-order valence-corrected chi connectivity index (χ4v) is 2.50. The molecule has 0 aliphatic rings. The van der Waals surface area contributed by atoms with Crippen LogP contribution in [0.4, 0.5) is 5.69 Å². The molecule has 7 heteroatoms. The Balaban J connectivity index is 1.64. The zero-order chi connectivity index (χ0) is 14.7. The topological polar surface area (TPSA) is 84.1 Å². The van der Waals surface area contributed by atoms with E-state index in [9.17, 15) is 9.59 Å². The van der Waals surface area contributed by atoms with Gasteiger partial charge in [0.25, 0.3) is 5.91 Å². The van der Waals surface area contributed by atoms with Gasteiger partial charge in [-0.15, -0.1) is 0 Å². The Labute approximate surface area is 123 Å². The molecule has 3 aromatic rings. The summed E-state index contributed by atoms with van der Waals surface area (Å²) in [6, 6.07) is 10.8. The second-order valence-electron chi connectivity index (χ2n) is 4.24. The minimum atomic E-state index is -0.289. The molecule has 106 valence electrons. The highest BCUT2D eigenvalue weighted by Gasteiger charge is 2.06. The zero-order valence-corrected chi connectivity index (χ0v) is 11.6. The Morgan fingerprint density at radius 2 is 2.14 bits per heavy atom. The van der Waals surface area contributed by atoms with Gasteiger partial charge in [-0.05, 0) is 18.2 Å². The quantitative estimate of drug-likeness (QED) is 0.772. The van der Waals surface area contributed by atoms with E-state index < -0.39 is 0 Å². The molecule has 2 heterocycles. The van der Waals surface area contributed by atoms with Crippen LogP contribution in [0.15, 0.2) is 47.4 Å². The summed E-state index contributed by atoms with van der Waals surface area (Å²) in [4.78, 5) is 29.5. The highest BCUT2D eigenvalue weighted by atomic mass is 32.1. The van der Waals surface area contributed by atoms with Gasteiger partial charge < -0.3 is 10.1 Å². The van der Waals surface area contributed by atoms with E-state index in [-0.39, 0.29) is 17.4 Å². The molecule has 21 heavy (non-hydrogen) atoms. The van der Waals surface area contributed by atoms with Crippen LogP contribution in [-0.4, -0.2) is 22.5 Å². The van der Waals surface area contributed by atoms with Crippen molar-refractivity contribution in [1.29, 1.82) is 0 Å². The van der Waals surface area contributed by atoms with Crippen LogP contribution in [0, 0.1) is 0 Å². The number of benzene rings is 1. The number of ether oxygens (including phenoxy) is 1. The van der Waals surface area contributed by atoms with Gasteiger partial charge in [0.05, 0.1) is 16.6 Å².